The highest BCUT2D eigenvalue weighted by Crippen LogP contribution is 2.33. The number of allylic oxidation sites excluding steroid dienone is 1. The van der Waals surface area contributed by atoms with Gasteiger partial charge in [0.25, 0.3) is 5.56 Å². The standard InChI is InChI=1S/C36H35N3O4S/c1-5-7-30-32(35(41)42-6-2)33(28-16-14-27(15-17-28)23(3)4)39-34(40)31(44-36(39)38-30)20-24-12-18-29(19-13-24)43-22-26-10-8-25(21-37)9-11-26/h8-20,23,33H,5-7,22H2,1-4H3/b31-20-/t33-/m1/s1. The summed E-state index contributed by atoms with van der Waals surface area (Å²) in [4.78, 5) is 32.8. The Morgan fingerprint density at radius 1 is 1.05 bits per heavy atom. The summed E-state index contributed by atoms with van der Waals surface area (Å²) in [6, 6.07) is 24.4. The monoisotopic (exact) mass is 605 g/mol. The first-order chi connectivity index (χ1) is 21.3. The fourth-order valence-electron chi connectivity index (χ4n) is 5.15. The Balaban J connectivity index is 1.51. The Morgan fingerprint density at radius 3 is 2.36 bits per heavy atom. The molecule has 0 unspecified atom stereocenters. The summed E-state index contributed by atoms with van der Waals surface area (Å²) in [5.41, 5.74) is 5.33. The van der Waals surface area contributed by atoms with E-state index in [2.05, 4.69) is 32.0 Å². The first kappa shape index (κ1) is 30.7. The van der Waals surface area contributed by atoms with Crippen molar-refractivity contribution in [2.24, 2.45) is 4.99 Å². The van der Waals surface area contributed by atoms with E-state index in [0.29, 0.717) is 50.9 Å². The Labute approximate surface area is 261 Å². The van der Waals surface area contributed by atoms with E-state index in [1.165, 1.54) is 16.9 Å². The van der Waals surface area contributed by atoms with Crippen LogP contribution in [-0.4, -0.2) is 17.1 Å². The zero-order valence-corrected chi connectivity index (χ0v) is 26.2. The average molecular weight is 606 g/mol. The first-order valence-corrected chi connectivity index (χ1v) is 15.7. The SMILES string of the molecule is CCCC1=C(C(=O)OCC)[C@@H](c2ccc(C(C)C)cc2)n2c(s/c(=C\c3ccc(OCc4ccc(C#N)cc4)cc3)c2=O)=N1. The molecule has 224 valence electrons. The third kappa shape index (κ3) is 6.58. The number of aromatic nitrogens is 1. The molecule has 2 heterocycles. The molecule has 0 saturated carbocycles. The highest BCUT2D eigenvalue weighted by Gasteiger charge is 2.34. The molecule has 5 rings (SSSR count). The summed E-state index contributed by atoms with van der Waals surface area (Å²) in [5, 5.41) is 8.98. The number of hydrogen-bond donors (Lipinski definition) is 0. The van der Waals surface area contributed by atoms with Crippen LogP contribution in [0.25, 0.3) is 6.08 Å². The van der Waals surface area contributed by atoms with Crippen LogP contribution in [0.4, 0.5) is 0 Å². The molecule has 44 heavy (non-hydrogen) atoms. The fourth-order valence-corrected chi connectivity index (χ4v) is 6.17. The van der Waals surface area contributed by atoms with Crippen LogP contribution in [0.15, 0.2) is 93.9 Å². The molecule has 0 spiro atoms. The molecule has 0 radical (unpaired) electrons. The van der Waals surface area contributed by atoms with Gasteiger partial charge in [0.15, 0.2) is 4.80 Å². The minimum absolute atomic E-state index is 0.204. The van der Waals surface area contributed by atoms with Crippen LogP contribution >= 0.6 is 11.3 Å². The van der Waals surface area contributed by atoms with E-state index in [9.17, 15) is 9.59 Å². The van der Waals surface area contributed by atoms with Crippen molar-refractivity contribution in [3.05, 3.63) is 132 Å². The van der Waals surface area contributed by atoms with Crippen LogP contribution in [0, 0.1) is 11.3 Å². The van der Waals surface area contributed by atoms with Gasteiger partial charge in [0, 0.05) is 0 Å². The molecule has 7 nitrogen and oxygen atoms in total. The van der Waals surface area contributed by atoms with Crippen LogP contribution in [0.1, 0.15) is 80.3 Å². The normalized spacial score (nSPS) is 14.6. The molecule has 0 bridgehead atoms. The lowest BCUT2D eigenvalue weighted by Crippen LogP contribution is -2.40. The lowest BCUT2D eigenvalue weighted by molar-refractivity contribution is -0.139. The number of nitrogens with zero attached hydrogens (tertiary/aromatic N) is 3. The van der Waals surface area contributed by atoms with E-state index in [0.717, 1.165) is 23.1 Å². The molecule has 1 aliphatic rings. The number of nitriles is 1. The molecular weight excluding hydrogens is 570 g/mol. The van der Waals surface area contributed by atoms with Gasteiger partial charge in [-0.2, -0.15) is 5.26 Å². The molecule has 1 aliphatic heterocycles. The van der Waals surface area contributed by atoms with Crippen molar-refractivity contribution in [2.45, 2.75) is 59.1 Å². The van der Waals surface area contributed by atoms with Gasteiger partial charge < -0.3 is 9.47 Å². The van der Waals surface area contributed by atoms with Gasteiger partial charge in [-0.15, -0.1) is 0 Å². The van der Waals surface area contributed by atoms with Crippen LogP contribution in [0.3, 0.4) is 0 Å². The molecule has 1 atom stereocenters. The molecule has 0 fully saturated rings. The minimum Gasteiger partial charge on any atom is -0.489 e. The molecular formula is C36H35N3O4S. The van der Waals surface area contributed by atoms with Crippen molar-refractivity contribution in [1.29, 1.82) is 5.26 Å². The zero-order chi connectivity index (χ0) is 31.2. The van der Waals surface area contributed by atoms with Gasteiger partial charge in [-0.05, 0) is 71.9 Å². The number of fused-ring (bicyclic) bond motifs is 1. The van der Waals surface area contributed by atoms with E-state index >= 15 is 0 Å². The quantitative estimate of drug-likeness (QED) is 0.202. The third-order valence-corrected chi connectivity index (χ3v) is 8.46. The zero-order valence-electron chi connectivity index (χ0n) is 25.4. The molecule has 0 aliphatic carbocycles. The van der Waals surface area contributed by atoms with E-state index in [1.807, 2.05) is 61.5 Å². The lowest BCUT2D eigenvalue weighted by Gasteiger charge is -2.26. The summed E-state index contributed by atoms with van der Waals surface area (Å²) >= 11 is 1.32. The highest BCUT2D eigenvalue weighted by molar-refractivity contribution is 7.07. The number of ether oxygens (including phenoxy) is 2. The van der Waals surface area contributed by atoms with E-state index < -0.39 is 12.0 Å². The number of esters is 1. The Bertz CT molecular complexity index is 1890. The Kier molecular flexibility index (Phi) is 9.56. The second kappa shape index (κ2) is 13.7. The Hall–Kier alpha value is -4.74. The summed E-state index contributed by atoms with van der Waals surface area (Å²) in [6.07, 6.45) is 3.25. The largest absolute Gasteiger partial charge is 0.489 e. The van der Waals surface area contributed by atoms with Gasteiger partial charge in [-0.1, -0.05) is 87.1 Å². The number of benzene rings is 3. The van der Waals surface area contributed by atoms with E-state index in [-0.39, 0.29) is 12.2 Å². The van der Waals surface area contributed by atoms with Crippen LogP contribution in [-0.2, 0) is 16.1 Å². The lowest BCUT2D eigenvalue weighted by atomic mass is 9.92. The van der Waals surface area contributed by atoms with Gasteiger partial charge in [-0.3, -0.25) is 9.36 Å². The topological polar surface area (TPSA) is 93.7 Å². The second-order valence-corrected chi connectivity index (χ2v) is 11.9. The van der Waals surface area contributed by atoms with Gasteiger partial charge in [-0.25, -0.2) is 9.79 Å². The van der Waals surface area contributed by atoms with Gasteiger partial charge in [0.1, 0.15) is 12.4 Å². The summed E-state index contributed by atoms with van der Waals surface area (Å²) in [7, 11) is 0. The maximum absolute atomic E-state index is 14.0. The van der Waals surface area contributed by atoms with Crippen molar-refractivity contribution in [1.82, 2.24) is 4.57 Å². The predicted molar refractivity (Wildman–Crippen MR) is 172 cm³/mol. The molecule has 1 aromatic heterocycles. The maximum atomic E-state index is 14.0. The molecule has 0 amide bonds. The summed E-state index contributed by atoms with van der Waals surface area (Å²) in [6.45, 7) is 8.71. The van der Waals surface area contributed by atoms with Gasteiger partial charge in [0.2, 0.25) is 0 Å². The maximum Gasteiger partial charge on any atom is 0.338 e. The number of rotatable bonds is 10. The van der Waals surface area contributed by atoms with Gasteiger partial charge >= 0.3 is 5.97 Å². The number of carbonyl (C=O) groups excluding carboxylic acids is 1. The highest BCUT2D eigenvalue weighted by atomic mass is 32.1. The number of thiazole rings is 1. The fraction of sp³-hybridized carbons (Fsp3) is 0.278. The summed E-state index contributed by atoms with van der Waals surface area (Å²) < 4.78 is 13.6. The van der Waals surface area contributed by atoms with E-state index in [4.69, 9.17) is 19.7 Å². The predicted octanol–water partition coefficient (Wildman–Crippen LogP) is 6.15. The van der Waals surface area contributed by atoms with Gasteiger partial charge in [0.05, 0.1) is 40.1 Å². The third-order valence-electron chi connectivity index (χ3n) is 7.48. The molecule has 0 saturated heterocycles. The molecule has 8 heteroatoms. The summed E-state index contributed by atoms with van der Waals surface area (Å²) in [5.74, 6) is 0.610. The molecule has 0 N–H and O–H groups in total. The van der Waals surface area contributed by atoms with Crippen LogP contribution in [0.5, 0.6) is 5.75 Å². The Morgan fingerprint density at radius 2 is 1.75 bits per heavy atom. The first-order valence-electron chi connectivity index (χ1n) is 14.9. The number of carbonyl (C=O) groups is 1. The smallest absolute Gasteiger partial charge is 0.338 e. The molecule has 3 aromatic carbocycles. The van der Waals surface area contributed by atoms with Crippen LogP contribution < -0.4 is 19.6 Å². The van der Waals surface area contributed by atoms with Crippen molar-refractivity contribution >= 4 is 23.4 Å². The van der Waals surface area contributed by atoms with Crippen molar-refractivity contribution in [2.75, 3.05) is 6.61 Å². The molecule has 4 aromatic rings. The average Bonchev–Trinajstić information content (AvgIpc) is 3.34. The number of hydrogen-bond acceptors (Lipinski definition) is 7. The van der Waals surface area contributed by atoms with Crippen LogP contribution in [0.2, 0.25) is 0 Å². The minimum atomic E-state index is -0.631. The van der Waals surface area contributed by atoms with E-state index in [1.54, 1.807) is 23.6 Å². The van der Waals surface area contributed by atoms with Crippen molar-refractivity contribution in [3.63, 3.8) is 0 Å². The van der Waals surface area contributed by atoms with Crippen molar-refractivity contribution < 1.29 is 14.3 Å². The second-order valence-electron chi connectivity index (χ2n) is 10.9. The van der Waals surface area contributed by atoms with Crippen molar-refractivity contribution in [3.8, 4) is 11.8 Å².